The van der Waals surface area contributed by atoms with Crippen molar-refractivity contribution in [3.63, 3.8) is 0 Å². The van der Waals surface area contributed by atoms with Gasteiger partial charge in [0.1, 0.15) is 0 Å². The summed E-state index contributed by atoms with van der Waals surface area (Å²) < 4.78 is 5.89. The fourth-order valence-electron chi connectivity index (χ4n) is 3.35. The van der Waals surface area contributed by atoms with E-state index in [2.05, 4.69) is 4.90 Å². The first-order valence-corrected chi connectivity index (χ1v) is 7.93. The van der Waals surface area contributed by atoms with E-state index in [-0.39, 0.29) is 17.6 Å². The van der Waals surface area contributed by atoms with Crippen molar-refractivity contribution in [2.75, 3.05) is 39.3 Å². The van der Waals surface area contributed by atoms with Crippen LogP contribution in [0.25, 0.3) is 0 Å². The Morgan fingerprint density at radius 2 is 2.00 bits per heavy atom. The molecule has 0 saturated carbocycles. The molecule has 1 N–H and O–H groups in total. The molecule has 1 amide bonds. The molecule has 1 spiro atoms. The van der Waals surface area contributed by atoms with E-state index in [0.29, 0.717) is 6.54 Å². The fraction of sp³-hybridized carbons (Fsp3) is 0.933. The van der Waals surface area contributed by atoms with Crippen molar-refractivity contribution >= 4 is 5.91 Å². The first-order chi connectivity index (χ1) is 9.61. The molecule has 0 aromatic carbocycles. The van der Waals surface area contributed by atoms with Crippen LogP contribution in [0.15, 0.2) is 0 Å². The van der Waals surface area contributed by atoms with E-state index < -0.39 is 0 Å². The zero-order valence-electron chi connectivity index (χ0n) is 12.8. The van der Waals surface area contributed by atoms with Gasteiger partial charge in [-0.25, -0.2) is 0 Å². The van der Waals surface area contributed by atoms with E-state index in [9.17, 15) is 9.90 Å². The van der Waals surface area contributed by atoms with Crippen molar-refractivity contribution in [3.8, 4) is 0 Å². The van der Waals surface area contributed by atoms with Crippen molar-refractivity contribution in [1.29, 1.82) is 0 Å². The van der Waals surface area contributed by atoms with Crippen LogP contribution in [0.4, 0.5) is 0 Å². The minimum atomic E-state index is -0.340. The first-order valence-electron chi connectivity index (χ1n) is 7.93. The normalized spacial score (nSPS) is 26.6. The van der Waals surface area contributed by atoms with Gasteiger partial charge in [-0.1, -0.05) is 0 Å². The second-order valence-electron chi connectivity index (χ2n) is 5.91. The van der Waals surface area contributed by atoms with Gasteiger partial charge in [0.2, 0.25) is 5.91 Å². The summed E-state index contributed by atoms with van der Waals surface area (Å²) in [6.07, 6.45) is 3.13. The summed E-state index contributed by atoms with van der Waals surface area (Å²) in [5.41, 5.74) is -0.340. The number of hydrogen-bond acceptors (Lipinski definition) is 4. The van der Waals surface area contributed by atoms with Crippen LogP contribution in [0, 0.1) is 0 Å². The van der Waals surface area contributed by atoms with Gasteiger partial charge in [0.05, 0.1) is 18.2 Å². The molecule has 2 rings (SSSR count). The molecule has 2 aliphatic rings. The number of aliphatic hydroxyl groups excluding tert-OH is 1. The highest BCUT2D eigenvalue weighted by molar-refractivity contribution is 5.78. The molecule has 20 heavy (non-hydrogen) atoms. The third kappa shape index (κ3) is 3.32. The zero-order valence-corrected chi connectivity index (χ0v) is 12.8. The van der Waals surface area contributed by atoms with Crippen LogP contribution in [-0.2, 0) is 9.53 Å². The van der Waals surface area contributed by atoms with Crippen molar-refractivity contribution in [2.45, 2.75) is 51.2 Å². The van der Waals surface area contributed by atoms with Crippen LogP contribution < -0.4 is 0 Å². The van der Waals surface area contributed by atoms with E-state index in [4.69, 9.17) is 4.74 Å². The van der Waals surface area contributed by atoms with E-state index in [1.54, 1.807) is 0 Å². The molecule has 0 radical (unpaired) electrons. The summed E-state index contributed by atoms with van der Waals surface area (Å²) in [5.74, 6) is 0.205. The van der Waals surface area contributed by atoms with Crippen LogP contribution in [0.5, 0.6) is 0 Å². The molecule has 5 nitrogen and oxygen atoms in total. The summed E-state index contributed by atoms with van der Waals surface area (Å²) in [7, 11) is 0. The molecular weight excluding hydrogens is 256 g/mol. The summed E-state index contributed by atoms with van der Waals surface area (Å²) in [6.45, 7) is 8.50. The average molecular weight is 284 g/mol. The number of nitrogens with zero attached hydrogens (tertiary/aromatic N) is 2. The fourth-order valence-corrected chi connectivity index (χ4v) is 3.35. The van der Waals surface area contributed by atoms with Gasteiger partial charge in [0.15, 0.2) is 0 Å². The summed E-state index contributed by atoms with van der Waals surface area (Å²) >= 11 is 0. The molecule has 5 heteroatoms. The highest BCUT2D eigenvalue weighted by Crippen LogP contribution is 2.35. The Labute approximate surface area is 121 Å². The maximum atomic E-state index is 12.1. The monoisotopic (exact) mass is 284 g/mol. The van der Waals surface area contributed by atoms with Gasteiger partial charge >= 0.3 is 0 Å². The zero-order chi connectivity index (χ0) is 14.6. The predicted octanol–water partition coefficient (Wildman–Crippen LogP) is 0.861. The third-order valence-electron chi connectivity index (χ3n) is 4.80. The van der Waals surface area contributed by atoms with Gasteiger partial charge in [0, 0.05) is 32.8 Å². The number of hydrogen-bond donors (Lipinski definition) is 1. The molecule has 0 aromatic heterocycles. The Bertz CT molecular complexity index is 323. The number of likely N-dealkylation sites (N-methyl/N-ethyl adjacent to an activating group) is 1. The quantitative estimate of drug-likeness (QED) is 0.832. The first kappa shape index (κ1) is 15.7. The van der Waals surface area contributed by atoms with E-state index in [0.717, 1.165) is 58.5 Å². The molecule has 2 saturated heterocycles. The van der Waals surface area contributed by atoms with Gasteiger partial charge in [-0.3, -0.25) is 9.69 Å². The molecule has 2 fully saturated rings. The second kappa shape index (κ2) is 6.87. The lowest BCUT2D eigenvalue weighted by molar-refractivity contribution is -0.177. The number of carbonyl (C=O) groups is 1. The van der Waals surface area contributed by atoms with Gasteiger partial charge in [-0.2, -0.15) is 0 Å². The minimum Gasteiger partial charge on any atom is -0.390 e. The lowest BCUT2D eigenvalue weighted by Crippen LogP contribution is -2.56. The third-order valence-corrected chi connectivity index (χ3v) is 4.80. The molecule has 0 unspecified atom stereocenters. The number of aliphatic hydroxyl groups is 1. The number of amides is 1. The van der Waals surface area contributed by atoms with Crippen LogP contribution in [-0.4, -0.2) is 71.8 Å². The molecular formula is C15H28N2O3. The van der Waals surface area contributed by atoms with Crippen molar-refractivity contribution in [2.24, 2.45) is 0 Å². The topological polar surface area (TPSA) is 53.0 Å². The number of likely N-dealkylation sites (tertiary alicyclic amines) is 1. The molecule has 0 bridgehead atoms. The van der Waals surface area contributed by atoms with Crippen LogP contribution in [0.2, 0.25) is 0 Å². The van der Waals surface area contributed by atoms with Crippen LogP contribution in [0.3, 0.4) is 0 Å². The largest absolute Gasteiger partial charge is 0.390 e. The maximum Gasteiger partial charge on any atom is 0.236 e. The maximum absolute atomic E-state index is 12.1. The Hall–Kier alpha value is -0.650. The second-order valence-corrected chi connectivity index (χ2v) is 5.91. The molecule has 0 aromatic rings. The highest BCUT2D eigenvalue weighted by Gasteiger charge is 2.43. The van der Waals surface area contributed by atoms with Crippen LogP contribution in [0.1, 0.15) is 39.5 Å². The Balaban J connectivity index is 1.83. The number of piperidine rings is 1. The number of rotatable bonds is 4. The summed E-state index contributed by atoms with van der Waals surface area (Å²) in [6, 6.07) is 0. The van der Waals surface area contributed by atoms with Gasteiger partial charge in [-0.15, -0.1) is 0 Å². The van der Waals surface area contributed by atoms with Gasteiger partial charge in [-0.05, 0) is 39.5 Å². The minimum absolute atomic E-state index is 0.205. The molecule has 116 valence electrons. The number of carbonyl (C=O) groups excluding carboxylic acids is 1. The molecule has 2 heterocycles. The van der Waals surface area contributed by atoms with Crippen LogP contribution >= 0.6 is 0 Å². The van der Waals surface area contributed by atoms with E-state index in [1.165, 1.54) is 0 Å². The van der Waals surface area contributed by atoms with Crippen molar-refractivity contribution in [1.82, 2.24) is 9.80 Å². The summed E-state index contributed by atoms with van der Waals surface area (Å²) in [5, 5.41) is 10.2. The van der Waals surface area contributed by atoms with Crippen molar-refractivity contribution < 1.29 is 14.6 Å². The lowest BCUT2D eigenvalue weighted by Gasteiger charge is -2.46. The lowest BCUT2D eigenvalue weighted by atomic mass is 9.82. The Morgan fingerprint density at radius 3 is 2.55 bits per heavy atom. The predicted molar refractivity (Wildman–Crippen MR) is 77.5 cm³/mol. The van der Waals surface area contributed by atoms with E-state index >= 15 is 0 Å². The Kier molecular flexibility index (Phi) is 5.41. The smallest absolute Gasteiger partial charge is 0.236 e. The van der Waals surface area contributed by atoms with E-state index in [1.807, 2.05) is 18.7 Å². The summed E-state index contributed by atoms with van der Waals surface area (Å²) in [4.78, 5) is 16.2. The van der Waals surface area contributed by atoms with Gasteiger partial charge in [0.25, 0.3) is 0 Å². The molecule has 0 aliphatic carbocycles. The average Bonchev–Trinajstić information content (AvgIpc) is 2.46. The SMILES string of the molecule is CCN(CC)C(=O)CN1CCC2(CC1)OCCC[C@H]2O. The number of ether oxygens (including phenoxy) is 1. The highest BCUT2D eigenvalue weighted by atomic mass is 16.5. The van der Waals surface area contributed by atoms with Gasteiger partial charge < -0.3 is 14.7 Å². The molecule has 1 atom stereocenters. The Morgan fingerprint density at radius 1 is 1.35 bits per heavy atom. The van der Waals surface area contributed by atoms with Crippen molar-refractivity contribution in [3.05, 3.63) is 0 Å². The standard InChI is InChI=1S/C15H28N2O3/c1-3-17(4-2)14(19)12-16-9-7-15(8-10-16)13(18)6-5-11-20-15/h13,18H,3-12H2,1-2H3/t13-/m1/s1. The molecule has 2 aliphatic heterocycles.